The van der Waals surface area contributed by atoms with E-state index in [1.807, 2.05) is 0 Å². The van der Waals surface area contributed by atoms with Gasteiger partial charge in [0.05, 0.1) is 17.3 Å². The van der Waals surface area contributed by atoms with Crippen molar-refractivity contribution in [1.82, 2.24) is 19.7 Å². The van der Waals surface area contributed by atoms with Crippen molar-refractivity contribution >= 4 is 45.9 Å². The average molecular weight is 540 g/mol. The van der Waals surface area contributed by atoms with Gasteiger partial charge in [-0.1, -0.05) is 19.8 Å². The van der Waals surface area contributed by atoms with Gasteiger partial charge in [0.25, 0.3) is 0 Å². The second kappa shape index (κ2) is 9.58. The molecule has 1 aliphatic heterocycles. The lowest BCUT2D eigenvalue weighted by Gasteiger charge is -2.20. The van der Waals surface area contributed by atoms with Crippen molar-refractivity contribution in [2.45, 2.75) is 74.6 Å². The Hall–Kier alpha value is -1.38. The molecule has 5 N–H and O–H groups in total. The molecule has 2 fully saturated rings. The van der Waals surface area contributed by atoms with Crippen molar-refractivity contribution in [3.8, 4) is 0 Å². The maximum atomic E-state index is 12.6. The van der Waals surface area contributed by atoms with Crippen molar-refractivity contribution in [1.29, 1.82) is 0 Å². The summed E-state index contributed by atoms with van der Waals surface area (Å²) in [6, 6.07) is 0.225. The zero-order valence-electron chi connectivity index (χ0n) is 18.2. The number of sulfone groups is 1. The summed E-state index contributed by atoms with van der Waals surface area (Å²) in [5.41, 5.74) is 0.210. The van der Waals surface area contributed by atoms with Gasteiger partial charge in [0.1, 0.15) is 24.1 Å². The summed E-state index contributed by atoms with van der Waals surface area (Å²) in [5, 5.41) is 29.0. The van der Waals surface area contributed by atoms with Crippen LogP contribution in [0.15, 0.2) is 6.20 Å². The molecule has 4 rings (SSSR count). The van der Waals surface area contributed by atoms with Crippen LogP contribution in [-0.2, 0) is 19.1 Å². The van der Waals surface area contributed by atoms with Gasteiger partial charge in [0, 0.05) is 6.04 Å². The molecule has 16 heteroatoms. The predicted molar refractivity (Wildman–Crippen MR) is 122 cm³/mol. The largest absolute Gasteiger partial charge is 0.387 e. The van der Waals surface area contributed by atoms with Crippen LogP contribution in [0, 0.1) is 0 Å². The molecule has 13 nitrogen and oxygen atoms in total. The molecule has 1 aliphatic carbocycles. The van der Waals surface area contributed by atoms with E-state index in [0.29, 0.717) is 11.2 Å². The van der Waals surface area contributed by atoms with E-state index in [4.69, 9.17) is 16.3 Å². The van der Waals surface area contributed by atoms with Gasteiger partial charge >= 0.3 is 7.60 Å². The maximum absolute atomic E-state index is 12.6. The highest BCUT2D eigenvalue weighted by atomic mass is 35.5. The summed E-state index contributed by atoms with van der Waals surface area (Å²) in [5.74, 6) is -0.429. The highest BCUT2D eigenvalue weighted by Crippen LogP contribution is 2.46. The predicted octanol–water partition coefficient (Wildman–Crippen LogP) is 0.782. The lowest BCUT2D eigenvalue weighted by Crippen LogP contribution is -2.38. The highest BCUT2D eigenvalue weighted by molar-refractivity contribution is 7.98. The molecule has 1 unspecified atom stereocenters. The fourth-order valence-electron chi connectivity index (χ4n) is 4.57. The first kappa shape index (κ1) is 25.7. The van der Waals surface area contributed by atoms with Crippen LogP contribution < -0.4 is 5.32 Å². The van der Waals surface area contributed by atoms with Crippen LogP contribution in [0.4, 0.5) is 5.82 Å². The van der Waals surface area contributed by atoms with Crippen LogP contribution in [-0.4, -0.2) is 83.3 Å². The fraction of sp³-hybridized carbons (Fsp3) is 0.722. The third-order valence-corrected chi connectivity index (χ3v) is 11.3. The number of fused-ring (bicyclic) bond motifs is 1. The molecule has 2 aromatic rings. The number of nitrogens with one attached hydrogen (secondary N) is 1. The number of hydrogen-bond donors (Lipinski definition) is 5. The Morgan fingerprint density at radius 1 is 1.26 bits per heavy atom. The first-order chi connectivity index (χ1) is 15.9. The molecular weight excluding hydrogens is 513 g/mol. The van der Waals surface area contributed by atoms with Crippen LogP contribution in [0.1, 0.15) is 45.3 Å². The molecule has 0 spiro atoms. The second-order valence-electron chi connectivity index (χ2n) is 8.62. The number of ether oxygens (including phenoxy) is 1. The lowest BCUT2D eigenvalue weighted by atomic mass is 10.1. The SMILES string of the molecule is CCC(P(=O)(O)O)S(=O)(=O)C[C@H]1O[C@@H](n2ncc3c(NC4CCCC4)nc(Cl)nc32)[C@H](O)[C@@H]1O. The van der Waals surface area contributed by atoms with Crippen LogP contribution in [0.3, 0.4) is 0 Å². The summed E-state index contributed by atoms with van der Waals surface area (Å²) < 4.78 is 43.7. The zero-order valence-corrected chi connectivity index (χ0v) is 20.7. The zero-order chi connectivity index (χ0) is 24.8. The van der Waals surface area contributed by atoms with E-state index in [-0.39, 0.29) is 23.4 Å². The number of anilines is 1. The van der Waals surface area contributed by atoms with Crippen molar-refractivity contribution in [2.24, 2.45) is 0 Å². The Morgan fingerprint density at radius 2 is 1.94 bits per heavy atom. The topological polar surface area (TPSA) is 197 Å². The summed E-state index contributed by atoms with van der Waals surface area (Å²) in [6.07, 6.45) is -0.692. The smallest absolute Gasteiger partial charge is 0.343 e. The number of aliphatic hydroxyl groups is 2. The molecule has 2 aliphatic rings. The van der Waals surface area contributed by atoms with Crippen LogP contribution in [0.5, 0.6) is 0 Å². The van der Waals surface area contributed by atoms with E-state index in [0.717, 1.165) is 25.7 Å². The minimum absolute atomic E-state index is 0.0747. The molecule has 0 bridgehead atoms. The standard InChI is InChI=1S/C18H27ClN5O8PS/c1-2-12(33(27,28)29)34(30,31)8-11-13(25)14(26)17(32-11)24-16-10(7-20-24)15(22-18(19)23-16)21-9-5-3-4-6-9/h7,9,11-14,17,25-26H,2-6,8H2,1H3,(H,21,22,23)(H2,27,28,29)/t11-,12?,13-,14-,17-/m1/s1. The molecule has 0 radical (unpaired) electrons. The fourth-order valence-corrected chi connectivity index (χ4v) is 8.60. The van der Waals surface area contributed by atoms with E-state index in [9.17, 15) is 33.0 Å². The van der Waals surface area contributed by atoms with Gasteiger partial charge in [-0.2, -0.15) is 15.1 Å². The van der Waals surface area contributed by atoms with Crippen LogP contribution >= 0.6 is 19.2 Å². The number of aromatic nitrogens is 4. The van der Waals surface area contributed by atoms with Crippen molar-refractivity contribution in [3.63, 3.8) is 0 Å². The van der Waals surface area contributed by atoms with E-state index in [2.05, 4.69) is 20.4 Å². The molecule has 1 saturated heterocycles. The van der Waals surface area contributed by atoms with Crippen molar-refractivity contribution in [2.75, 3.05) is 11.1 Å². The third kappa shape index (κ3) is 4.96. The number of hydrogen-bond acceptors (Lipinski definition) is 10. The third-order valence-electron chi connectivity index (χ3n) is 6.24. The average Bonchev–Trinajstić information content (AvgIpc) is 3.44. The molecule has 34 heavy (non-hydrogen) atoms. The molecule has 1 saturated carbocycles. The first-order valence-electron chi connectivity index (χ1n) is 10.9. The van der Waals surface area contributed by atoms with Crippen LogP contribution in [0.2, 0.25) is 5.28 Å². The molecular formula is C18H27ClN5O8PS. The van der Waals surface area contributed by atoms with Gasteiger partial charge in [-0.3, -0.25) is 4.57 Å². The Morgan fingerprint density at radius 3 is 2.56 bits per heavy atom. The minimum atomic E-state index is -4.95. The quantitative estimate of drug-likeness (QED) is 0.234. The Bertz CT molecular complexity index is 1200. The molecule has 3 heterocycles. The van der Waals surface area contributed by atoms with E-state index in [1.54, 1.807) is 0 Å². The molecule has 0 aromatic carbocycles. The van der Waals surface area contributed by atoms with Crippen molar-refractivity contribution in [3.05, 3.63) is 11.5 Å². The molecule has 5 atom stereocenters. The highest BCUT2D eigenvalue weighted by Gasteiger charge is 2.49. The summed E-state index contributed by atoms with van der Waals surface area (Å²) in [6.45, 7) is 1.33. The molecule has 0 amide bonds. The Kier molecular flexibility index (Phi) is 7.25. The number of aliphatic hydroxyl groups excluding tert-OH is 2. The van der Waals surface area contributed by atoms with E-state index >= 15 is 0 Å². The van der Waals surface area contributed by atoms with Gasteiger partial charge in [0.15, 0.2) is 26.7 Å². The van der Waals surface area contributed by atoms with Gasteiger partial charge in [-0.15, -0.1) is 0 Å². The molecule has 190 valence electrons. The first-order valence-corrected chi connectivity index (χ1v) is 14.7. The van der Waals surface area contributed by atoms with Gasteiger partial charge in [-0.05, 0) is 30.9 Å². The summed E-state index contributed by atoms with van der Waals surface area (Å²) >= 11 is 6.11. The normalized spacial score (nSPS) is 27.5. The van der Waals surface area contributed by atoms with Crippen molar-refractivity contribution < 1.29 is 37.7 Å². The van der Waals surface area contributed by atoms with Gasteiger partial charge in [0.2, 0.25) is 5.28 Å². The van der Waals surface area contributed by atoms with Crippen LogP contribution in [0.25, 0.3) is 11.0 Å². The van der Waals surface area contributed by atoms with Gasteiger partial charge in [-0.25, -0.2) is 13.1 Å². The molecule has 2 aromatic heterocycles. The number of halogens is 1. The summed E-state index contributed by atoms with van der Waals surface area (Å²) in [7, 11) is -9.33. The maximum Gasteiger partial charge on any atom is 0.343 e. The van der Waals surface area contributed by atoms with E-state index in [1.165, 1.54) is 17.8 Å². The number of rotatable bonds is 8. The van der Waals surface area contributed by atoms with E-state index < -0.39 is 52.7 Å². The minimum Gasteiger partial charge on any atom is -0.387 e. The Labute approximate surface area is 200 Å². The second-order valence-corrected chi connectivity index (χ2v) is 13.3. The number of nitrogens with zero attached hydrogens (tertiary/aromatic N) is 4. The van der Waals surface area contributed by atoms with Gasteiger partial charge < -0.3 is 30.1 Å². The summed E-state index contributed by atoms with van der Waals surface area (Å²) in [4.78, 5) is 25.3. The lowest BCUT2D eigenvalue weighted by molar-refractivity contribution is -0.0365. The Balaban J connectivity index is 1.61. The monoisotopic (exact) mass is 539 g/mol.